The molecule has 7 nitrogen and oxygen atoms in total. The zero-order chi connectivity index (χ0) is 26.3. The summed E-state index contributed by atoms with van der Waals surface area (Å²) in [5, 5.41) is 9.07. The summed E-state index contributed by atoms with van der Waals surface area (Å²) in [4.78, 5) is 40.2. The summed E-state index contributed by atoms with van der Waals surface area (Å²) in [5.74, 6) is -1.98. The van der Waals surface area contributed by atoms with Crippen LogP contribution in [0.3, 0.4) is 0 Å². The average molecular weight is 506 g/mol. The molecule has 3 rings (SSSR count). The first-order valence-corrected chi connectivity index (χ1v) is 11.9. The van der Waals surface area contributed by atoms with E-state index in [4.69, 9.17) is 10.8 Å². The van der Waals surface area contributed by atoms with Gasteiger partial charge in [0.2, 0.25) is 5.91 Å². The maximum absolute atomic E-state index is 13.3. The van der Waals surface area contributed by atoms with Crippen molar-refractivity contribution in [3.8, 4) is 0 Å². The van der Waals surface area contributed by atoms with Gasteiger partial charge in [-0.2, -0.15) is 13.2 Å². The van der Waals surface area contributed by atoms with Crippen LogP contribution in [-0.4, -0.2) is 47.4 Å². The number of carboxylic acid groups (broad SMARTS) is 1. The highest BCUT2D eigenvalue weighted by atomic mass is 19.4. The molecule has 194 valence electrons. The number of anilines is 1. The SMILES string of the molecule is NCCCCCCc1ccc2c(c1)C(=O)N(CCC(=O)O)CC(=O)N2Cc1ccc(C(F)(F)F)cc1. The van der Waals surface area contributed by atoms with Crippen LogP contribution in [0.5, 0.6) is 0 Å². The maximum Gasteiger partial charge on any atom is 0.416 e. The monoisotopic (exact) mass is 505 g/mol. The quantitative estimate of drug-likeness (QED) is 0.445. The largest absolute Gasteiger partial charge is 0.481 e. The first-order chi connectivity index (χ1) is 17.1. The van der Waals surface area contributed by atoms with Crippen LogP contribution in [0.25, 0.3) is 0 Å². The number of fused-ring (bicyclic) bond motifs is 1. The number of carbonyl (C=O) groups is 3. The molecule has 0 bridgehead atoms. The molecule has 10 heteroatoms. The number of unbranched alkanes of at least 4 members (excludes halogenated alkanes) is 3. The fraction of sp³-hybridized carbons (Fsp3) is 0.423. The van der Waals surface area contributed by atoms with Gasteiger partial charge in [0, 0.05) is 6.54 Å². The summed E-state index contributed by atoms with van der Waals surface area (Å²) < 4.78 is 38.8. The third-order valence-electron chi connectivity index (χ3n) is 6.13. The van der Waals surface area contributed by atoms with Gasteiger partial charge >= 0.3 is 12.1 Å². The van der Waals surface area contributed by atoms with E-state index in [0.717, 1.165) is 49.8 Å². The van der Waals surface area contributed by atoms with E-state index in [1.807, 2.05) is 6.07 Å². The summed E-state index contributed by atoms with van der Waals surface area (Å²) in [6.45, 7) is 0.164. The maximum atomic E-state index is 13.3. The number of amides is 2. The highest BCUT2D eigenvalue weighted by molar-refractivity contribution is 6.09. The molecule has 0 aliphatic carbocycles. The van der Waals surface area contributed by atoms with Gasteiger partial charge in [0.05, 0.1) is 29.8 Å². The van der Waals surface area contributed by atoms with Crippen LogP contribution in [0.4, 0.5) is 18.9 Å². The van der Waals surface area contributed by atoms with Crippen molar-refractivity contribution in [3.05, 3.63) is 64.7 Å². The molecule has 1 aliphatic rings. The van der Waals surface area contributed by atoms with Gasteiger partial charge in [-0.25, -0.2) is 0 Å². The minimum Gasteiger partial charge on any atom is -0.481 e. The van der Waals surface area contributed by atoms with Crippen LogP contribution >= 0.6 is 0 Å². The van der Waals surface area contributed by atoms with Crippen LogP contribution < -0.4 is 10.6 Å². The van der Waals surface area contributed by atoms with E-state index < -0.39 is 29.5 Å². The minimum absolute atomic E-state index is 0.0253. The van der Waals surface area contributed by atoms with E-state index in [1.54, 1.807) is 12.1 Å². The lowest BCUT2D eigenvalue weighted by Gasteiger charge is -2.23. The third-order valence-corrected chi connectivity index (χ3v) is 6.13. The number of carbonyl (C=O) groups excluding carboxylic acids is 2. The lowest BCUT2D eigenvalue weighted by molar-refractivity contribution is -0.138. The average Bonchev–Trinajstić information content (AvgIpc) is 2.92. The van der Waals surface area contributed by atoms with Crippen molar-refractivity contribution in [1.82, 2.24) is 4.90 Å². The number of hydrogen-bond donors (Lipinski definition) is 2. The van der Waals surface area contributed by atoms with Gasteiger partial charge < -0.3 is 20.6 Å². The zero-order valence-electron chi connectivity index (χ0n) is 19.9. The van der Waals surface area contributed by atoms with Crippen molar-refractivity contribution in [2.75, 3.05) is 24.5 Å². The van der Waals surface area contributed by atoms with E-state index in [0.29, 0.717) is 17.8 Å². The molecule has 36 heavy (non-hydrogen) atoms. The molecule has 0 unspecified atom stereocenters. The standard InChI is InChI=1S/C26H30F3N3O4/c27-26(28,29)20-9-6-19(7-10-20)16-32-22-11-8-18(5-3-1-2-4-13-30)15-21(22)25(36)31(17-23(32)33)14-12-24(34)35/h6-11,15H,1-5,12-14,16-17,30H2,(H,34,35). The van der Waals surface area contributed by atoms with Crippen LogP contribution in [0.2, 0.25) is 0 Å². The predicted molar refractivity (Wildman–Crippen MR) is 128 cm³/mol. The van der Waals surface area contributed by atoms with Crippen LogP contribution in [0, 0.1) is 0 Å². The predicted octanol–water partition coefficient (Wildman–Crippen LogP) is 4.23. The Bertz CT molecular complexity index is 1090. The fourth-order valence-corrected chi connectivity index (χ4v) is 4.16. The lowest BCUT2D eigenvalue weighted by Crippen LogP contribution is -2.40. The van der Waals surface area contributed by atoms with Crippen molar-refractivity contribution >= 4 is 23.5 Å². The number of nitrogens with two attached hydrogens (primary N) is 1. The molecule has 2 amide bonds. The Kier molecular flexibility index (Phi) is 9.08. The van der Waals surface area contributed by atoms with Crippen molar-refractivity contribution in [2.24, 2.45) is 5.73 Å². The first kappa shape index (κ1) is 27.2. The van der Waals surface area contributed by atoms with E-state index in [1.165, 1.54) is 21.9 Å². The normalized spacial score (nSPS) is 14.1. The number of nitrogens with zero attached hydrogens (tertiary/aromatic N) is 2. The topological polar surface area (TPSA) is 104 Å². The van der Waals surface area contributed by atoms with Gasteiger partial charge in [-0.15, -0.1) is 0 Å². The van der Waals surface area contributed by atoms with Crippen molar-refractivity contribution in [3.63, 3.8) is 0 Å². The first-order valence-electron chi connectivity index (χ1n) is 11.9. The van der Waals surface area contributed by atoms with Crippen molar-refractivity contribution in [2.45, 2.75) is 51.2 Å². The molecule has 1 heterocycles. The molecule has 0 atom stereocenters. The molecule has 2 aromatic carbocycles. The summed E-state index contributed by atoms with van der Waals surface area (Å²) >= 11 is 0. The second-order valence-electron chi connectivity index (χ2n) is 8.85. The van der Waals surface area contributed by atoms with E-state index in [-0.39, 0.29) is 31.6 Å². The second kappa shape index (κ2) is 12.0. The van der Waals surface area contributed by atoms with Crippen molar-refractivity contribution < 1.29 is 32.7 Å². The summed E-state index contributed by atoms with van der Waals surface area (Å²) in [5.41, 5.74) is 6.75. The number of aryl methyl sites for hydroxylation is 1. The molecule has 0 fully saturated rings. The molecule has 0 spiro atoms. The Morgan fingerprint density at radius 3 is 2.28 bits per heavy atom. The molecular weight excluding hydrogens is 475 g/mol. The number of carboxylic acids is 1. The molecule has 0 aromatic heterocycles. The Morgan fingerprint density at radius 1 is 0.972 bits per heavy atom. The van der Waals surface area contributed by atoms with E-state index >= 15 is 0 Å². The van der Waals surface area contributed by atoms with Gasteiger partial charge in [-0.3, -0.25) is 14.4 Å². The molecular formula is C26H30F3N3O4. The molecule has 2 aromatic rings. The lowest BCUT2D eigenvalue weighted by atomic mass is 10.0. The Labute approximate surface area is 207 Å². The molecule has 0 saturated heterocycles. The molecule has 3 N–H and O–H groups in total. The fourth-order valence-electron chi connectivity index (χ4n) is 4.16. The number of halogens is 3. The number of rotatable bonds is 11. The summed E-state index contributed by atoms with van der Waals surface area (Å²) in [6.07, 6.45) is -0.196. The third kappa shape index (κ3) is 7.07. The number of hydrogen-bond acceptors (Lipinski definition) is 4. The minimum atomic E-state index is -4.47. The number of benzene rings is 2. The van der Waals surface area contributed by atoms with Gasteiger partial charge in [0.15, 0.2) is 0 Å². The van der Waals surface area contributed by atoms with Crippen LogP contribution in [0.1, 0.15) is 59.2 Å². The summed E-state index contributed by atoms with van der Waals surface area (Å²) in [6, 6.07) is 9.78. The van der Waals surface area contributed by atoms with Crippen LogP contribution in [-0.2, 0) is 28.7 Å². The van der Waals surface area contributed by atoms with Gasteiger partial charge in [0.25, 0.3) is 5.91 Å². The van der Waals surface area contributed by atoms with Gasteiger partial charge in [0.1, 0.15) is 6.54 Å². The Morgan fingerprint density at radius 2 is 1.64 bits per heavy atom. The van der Waals surface area contributed by atoms with E-state index in [9.17, 15) is 27.6 Å². The second-order valence-corrected chi connectivity index (χ2v) is 8.85. The van der Waals surface area contributed by atoms with Crippen molar-refractivity contribution in [1.29, 1.82) is 0 Å². The Hall–Kier alpha value is -3.40. The smallest absolute Gasteiger partial charge is 0.416 e. The zero-order valence-corrected chi connectivity index (χ0v) is 19.9. The molecule has 0 radical (unpaired) electrons. The highest BCUT2D eigenvalue weighted by Gasteiger charge is 2.33. The summed E-state index contributed by atoms with van der Waals surface area (Å²) in [7, 11) is 0. The highest BCUT2D eigenvalue weighted by Crippen LogP contribution is 2.31. The number of alkyl halides is 3. The van der Waals surface area contributed by atoms with Crippen LogP contribution in [0.15, 0.2) is 42.5 Å². The molecule has 1 aliphatic heterocycles. The van der Waals surface area contributed by atoms with Gasteiger partial charge in [-0.05, 0) is 61.2 Å². The molecule has 0 saturated carbocycles. The Balaban J connectivity index is 1.89. The van der Waals surface area contributed by atoms with E-state index in [2.05, 4.69) is 0 Å². The van der Waals surface area contributed by atoms with Gasteiger partial charge in [-0.1, -0.05) is 31.0 Å². The number of aliphatic carboxylic acids is 1.